The van der Waals surface area contributed by atoms with Crippen molar-refractivity contribution in [3.8, 4) is 5.69 Å². The number of rotatable bonds is 5. The van der Waals surface area contributed by atoms with E-state index in [0.29, 0.717) is 21.4 Å². The van der Waals surface area contributed by atoms with Crippen molar-refractivity contribution in [2.75, 3.05) is 0 Å². The number of carboxylic acid groups (broad SMARTS) is 1. The standard InChI is InChI=1S/C16H17Cl2N3O3/c1-8(2)14(16(23)24)19-15(22)13-6-9(3)21(20-13)10-4-5-11(17)12(18)7-10/h4-8,14H,1-3H3,(H,19,22)(H,23,24)/t14-/m1/s1. The summed E-state index contributed by atoms with van der Waals surface area (Å²) >= 11 is 11.9. The van der Waals surface area contributed by atoms with E-state index in [1.165, 1.54) is 0 Å². The minimum atomic E-state index is -1.08. The SMILES string of the molecule is Cc1cc(C(=O)N[C@@H](C(=O)O)C(C)C)nn1-c1ccc(Cl)c(Cl)c1. The summed E-state index contributed by atoms with van der Waals surface area (Å²) in [4.78, 5) is 23.5. The highest BCUT2D eigenvalue weighted by atomic mass is 35.5. The van der Waals surface area contributed by atoms with Crippen molar-refractivity contribution in [3.63, 3.8) is 0 Å². The molecule has 0 aliphatic heterocycles. The maximum atomic E-state index is 12.3. The number of halogens is 2. The third kappa shape index (κ3) is 3.88. The lowest BCUT2D eigenvalue weighted by Crippen LogP contribution is -2.44. The Balaban J connectivity index is 2.29. The molecule has 24 heavy (non-hydrogen) atoms. The molecule has 1 heterocycles. The summed E-state index contributed by atoms with van der Waals surface area (Å²) < 4.78 is 1.54. The van der Waals surface area contributed by atoms with Crippen molar-refractivity contribution >= 4 is 35.1 Å². The van der Waals surface area contributed by atoms with Crippen LogP contribution in [0.3, 0.4) is 0 Å². The van der Waals surface area contributed by atoms with Crippen LogP contribution in [0.1, 0.15) is 30.0 Å². The lowest BCUT2D eigenvalue weighted by atomic mass is 10.0. The minimum Gasteiger partial charge on any atom is -0.480 e. The van der Waals surface area contributed by atoms with Gasteiger partial charge in [0.1, 0.15) is 6.04 Å². The van der Waals surface area contributed by atoms with Gasteiger partial charge in [-0.15, -0.1) is 0 Å². The van der Waals surface area contributed by atoms with Crippen molar-refractivity contribution in [3.05, 3.63) is 45.7 Å². The van der Waals surface area contributed by atoms with Gasteiger partial charge in [-0.25, -0.2) is 9.48 Å². The van der Waals surface area contributed by atoms with Gasteiger partial charge in [-0.3, -0.25) is 4.79 Å². The Morgan fingerprint density at radius 1 is 1.21 bits per heavy atom. The van der Waals surface area contributed by atoms with E-state index in [4.69, 9.17) is 28.3 Å². The Bertz CT molecular complexity index is 787. The van der Waals surface area contributed by atoms with Crippen LogP contribution in [-0.4, -0.2) is 32.8 Å². The number of carbonyl (C=O) groups is 2. The molecule has 2 rings (SSSR count). The van der Waals surface area contributed by atoms with Crippen LogP contribution in [0.15, 0.2) is 24.3 Å². The Morgan fingerprint density at radius 2 is 1.88 bits per heavy atom. The molecular formula is C16H17Cl2N3O3. The van der Waals surface area contributed by atoms with Gasteiger partial charge < -0.3 is 10.4 Å². The van der Waals surface area contributed by atoms with Crippen LogP contribution in [-0.2, 0) is 4.79 Å². The normalized spacial score (nSPS) is 12.2. The number of aromatic nitrogens is 2. The second-order valence-electron chi connectivity index (χ2n) is 5.71. The molecule has 8 heteroatoms. The lowest BCUT2D eigenvalue weighted by molar-refractivity contribution is -0.140. The van der Waals surface area contributed by atoms with Crippen LogP contribution in [0.2, 0.25) is 10.0 Å². The molecule has 2 N–H and O–H groups in total. The van der Waals surface area contributed by atoms with Crippen molar-refractivity contribution in [2.45, 2.75) is 26.8 Å². The van der Waals surface area contributed by atoms with Gasteiger partial charge in [-0.05, 0) is 37.1 Å². The quantitative estimate of drug-likeness (QED) is 0.846. The molecule has 6 nitrogen and oxygen atoms in total. The predicted molar refractivity (Wildman–Crippen MR) is 92.0 cm³/mol. The highest BCUT2D eigenvalue weighted by Crippen LogP contribution is 2.25. The molecule has 0 bridgehead atoms. The van der Waals surface area contributed by atoms with Crippen molar-refractivity contribution < 1.29 is 14.7 Å². The molecule has 1 amide bonds. The molecule has 0 radical (unpaired) electrons. The van der Waals surface area contributed by atoms with E-state index in [2.05, 4.69) is 10.4 Å². The van der Waals surface area contributed by atoms with Gasteiger partial charge in [0.2, 0.25) is 0 Å². The van der Waals surface area contributed by atoms with Crippen LogP contribution in [0.5, 0.6) is 0 Å². The molecule has 0 aliphatic rings. The number of benzene rings is 1. The van der Waals surface area contributed by atoms with Crippen LogP contribution >= 0.6 is 23.2 Å². The summed E-state index contributed by atoms with van der Waals surface area (Å²) in [5.41, 5.74) is 1.49. The van der Waals surface area contributed by atoms with E-state index in [9.17, 15) is 9.59 Å². The second-order valence-corrected chi connectivity index (χ2v) is 6.53. The molecule has 0 fully saturated rings. The van der Waals surface area contributed by atoms with Gasteiger partial charge in [-0.1, -0.05) is 37.0 Å². The first kappa shape index (κ1) is 18.3. The number of aliphatic carboxylic acids is 1. The van der Waals surface area contributed by atoms with Crippen LogP contribution < -0.4 is 5.32 Å². The number of nitrogens with one attached hydrogen (secondary N) is 1. The average molecular weight is 370 g/mol. The Labute approximate surface area is 149 Å². The molecule has 2 aromatic rings. The van der Waals surface area contributed by atoms with Crippen molar-refractivity contribution in [1.82, 2.24) is 15.1 Å². The van der Waals surface area contributed by atoms with Gasteiger partial charge >= 0.3 is 5.97 Å². The van der Waals surface area contributed by atoms with E-state index in [-0.39, 0.29) is 11.6 Å². The monoisotopic (exact) mass is 369 g/mol. The maximum Gasteiger partial charge on any atom is 0.326 e. The maximum absolute atomic E-state index is 12.3. The number of hydrogen-bond donors (Lipinski definition) is 2. The van der Waals surface area contributed by atoms with E-state index < -0.39 is 17.9 Å². The molecule has 128 valence electrons. The molecule has 1 atom stereocenters. The van der Waals surface area contributed by atoms with Gasteiger partial charge in [-0.2, -0.15) is 5.10 Å². The zero-order chi connectivity index (χ0) is 18.0. The lowest BCUT2D eigenvalue weighted by Gasteiger charge is -2.16. The van der Waals surface area contributed by atoms with Gasteiger partial charge in [0.15, 0.2) is 5.69 Å². The summed E-state index contributed by atoms with van der Waals surface area (Å²) in [6.07, 6.45) is 0. The van der Waals surface area contributed by atoms with Gasteiger partial charge in [0.05, 0.1) is 15.7 Å². The second kappa shape index (κ2) is 7.23. The topological polar surface area (TPSA) is 84.2 Å². The van der Waals surface area contributed by atoms with E-state index >= 15 is 0 Å². The molecule has 0 unspecified atom stereocenters. The number of nitrogens with zero attached hydrogens (tertiary/aromatic N) is 2. The summed E-state index contributed by atoms with van der Waals surface area (Å²) in [5, 5.41) is 16.7. The zero-order valence-electron chi connectivity index (χ0n) is 13.4. The smallest absolute Gasteiger partial charge is 0.326 e. The molecule has 1 aromatic carbocycles. The largest absolute Gasteiger partial charge is 0.480 e. The average Bonchev–Trinajstić information content (AvgIpc) is 2.88. The number of carboxylic acids is 1. The number of carbonyl (C=O) groups excluding carboxylic acids is 1. The summed E-state index contributed by atoms with van der Waals surface area (Å²) in [7, 11) is 0. The Kier molecular flexibility index (Phi) is 5.51. The fourth-order valence-electron chi connectivity index (χ4n) is 2.19. The zero-order valence-corrected chi connectivity index (χ0v) is 14.9. The summed E-state index contributed by atoms with van der Waals surface area (Å²) in [6.45, 7) is 5.22. The first-order valence-electron chi connectivity index (χ1n) is 7.26. The third-order valence-corrected chi connectivity index (χ3v) is 4.23. The van der Waals surface area contributed by atoms with Crippen LogP contribution in [0, 0.1) is 12.8 Å². The molecule has 0 aliphatic carbocycles. The van der Waals surface area contributed by atoms with Gasteiger partial charge in [0, 0.05) is 5.69 Å². The summed E-state index contributed by atoms with van der Waals surface area (Å²) in [6, 6.07) is 5.60. The minimum absolute atomic E-state index is 0.130. The molecule has 1 aromatic heterocycles. The number of hydrogen-bond acceptors (Lipinski definition) is 3. The fourth-order valence-corrected chi connectivity index (χ4v) is 2.48. The predicted octanol–water partition coefficient (Wildman–Crippen LogP) is 3.33. The van der Waals surface area contributed by atoms with Gasteiger partial charge in [0.25, 0.3) is 5.91 Å². The Hall–Kier alpha value is -2.05. The first-order valence-corrected chi connectivity index (χ1v) is 8.02. The summed E-state index contributed by atoms with van der Waals surface area (Å²) in [5.74, 6) is -1.87. The Morgan fingerprint density at radius 3 is 2.42 bits per heavy atom. The fraction of sp³-hybridized carbons (Fsp3) is 0.312. The van der Waals surface area contributed by atoms with E-state index in [1.54, 1.807) is 49.7 Å². The highest BCUT2D eigenvalue weighted by Gasteiger charge is 2.25. The van der Waals surface area contributed by atoms with E-state index in [0.717, 1.165) is 0 Å². The molecule has 0 saturated carbocycles. The first-order chi connectivity index (χ1) is 11.2. The molecule has 0 saturated heterocycles. The van der Waals surface area contributed by atoms with Crippen LogP contribution in [0.25, 0.3) is 5.69 Å². The molecule has 0 spiro atoms. The van der Waals surface area contributed by atoms with Crippen LogP contribution in [0.4, 0.5) is 0 Å². The van der Waals surface area contributed by atoms with E-state index in [1.807, 2.05) is 0 Å². The number of aryl methyl sites for hydroxylation is 1. The third-order valence-electron chi connectivity index (χ3n) is 3.49. The van der Waals surface area contributed by atoms with Crippen molar-refractivity contribution in [1.29, 1.82) is 0 Å². The van der Waals surface area contributed by atoms with Crippen molar-refractivity contribution in [2.24, 2.45) is 5.92 Å². The highest BCUT2D eigenvalue weighted by molar-refractivity contribution is 6.42. The molecular weight excluding hydrogens is 353 g/mol. The number of amides is 1.